The molecule has 6 nitrogen and oxygen atoms in total. The molecular weight excluding hydrogens is 399 g/mol. The Morgan fingerprint density at radius 1 is 1.21 bits per heavy atom. The Kier molecular flexibility index (Phi) is 7.29. The molecule has 0 radical (unpaired) electrons. The van der Waals surface area contributed by atoms with Crippen LogP contribution in [0.25, 0.3) is 11.0 Å². The highest BCUT2D eigenvalue weighted by Crippen LogP contribution is 2.20. The van der Waals surface area contributed by atoms with Gasteiger partial charge >= 0.3 is 0 Å². The molecule has 1 amide bonds. The van der Waals surface area contributed by atoms with E-state index in [1.165, 1.54) is 0 Å². The number of amides is 1. The van der Waals surface area contributed by atoms with Gasteiger partial charge in [-0.05, 0) is 50.2 Å². The molecule has 3 N–H and O–H groups in total. The van der Waals surface area contributed by atoms with Gasteiger partial charge in [-0.2, -0.15) is 0 Å². The van der Waals surface area contributed by atoms with E-state index < -0.39 is 5.54 Å². The number of nitrogens with zero attached hydrogens (tertiary/aromatic N) is 2. The molecule has 0 bridgehead atoms. The van der Waals surface area contributed by atoms with Gasteiger partial charge in [0.15, 0.2) is 0 Å². The van der Waals surface area contributed by atoms with Gasteiger partial charge in [0.2, 0.25) is 5.91 Å². The summed E-state index contributed by atoms with van der Waals surface area (Å²) in [5.74, 6) is 1.24. The SMILES string of the molecule is CC(C)(N)CNC(=O)Cn1c(COc2ccc(Cl)cc2)nc2ccccc21.Cl. The zero-order valence-electron chi connectivity index (χ0n) is 15.8. The Balaban J connectivity index is 0.00000280. The first kappa shape index (κ1) is 22.0. The Hall–Kier alpha value is -2.28. The number of benzene rings is 2. The van der Waals surface area contributed by atoms with Crippen LogP contribution in [-0.2, 0) is 17.9 Å². The molecule has 3 aromatic rings. The number of hydrogen-bond donors (Lipinski definition) is 2. The van der Waals surface area contributed by atoms with Crippen molar-refractivity contribution >= 4 is 40.9 Å². The summed E-state index contributed by atoms with van der Waals surface area (Å²) in [7, 11) is 0. The average Bonchev–Trinajstić information content (AvgIpc) is 2.97. The fourth-order valence-electron chi connectivity index (χ4n) is 2.62. The van der Waals surface area contributed by atoms with E-state index in [0.29, 0.717) is 23.1 Å². The number of imidazole rings is 1. The molecule has 0 spiro atoms. The third kappa shape index (κ3) is 5.86. The summed E-state index contributed by atoms with van der Waals surface area (Å²) in [6.07, 6.45) is 0. The topological polar surface area (TPSA) is 82.2 Å². The highest BCUT2D eigenvalue weighted by atomic mass is 35.5. The number of fused-ring (bicyclic) bond motifs is 1. The van der Waals surface area contributed by atoms with Gasteiger partial charge in [-0.3, -0.25) is 4.79 Å². The molecule has 0 aliphatic carbocycles. The van der Waals surface area contributed by atoms with Gasteiger partial charge in [0.05, 0.1) is 11.0 Å². The second-order valence-electron chi connectivity index (χ2n) is 7.11. The van der Waals surface area contributed by atoms with Crippen LogP contribution in [0.15, 0.2) is 48.5 Å². The van der Waals surface area contributed by atoms with Crippen molar-refractivity contribution in [1.29, 1.82) is 0 Å². The minimum atomic E-state index is -0.465. The zero-order valence-corrected chi connectivity index (χ0v) is 17.4. The molecule has 2 aromatic carbocycles. The molecule has 0 aliphatic rings. The van der Waals surface area contributed by atoms with E-state index in [1.807, 2.05) is 42.7 Å². The molecule has 0 unspecified atom stereocenters. The van der Waals surface area contributed by atoms with Crippen molar-refractivity contribution < 1.29 is 9.53 Å². The molecule has 0 aliphatic heterocycles. The monoisotopic (exact) mass is 422 g/mol. The lowest BCUT2D eigenvalue weighted by Crippen LogP contribution is -2.45. The quantitative estimate of drug-likeness (QED) is 0.609. The van der Waals surface area contributed by atoms with Crippen molar-refractivity contribution in [2.75, 3.05) is 6.54 Å². The third-order valence-corrected chi connectivity index (χ3v) is 4.21. The van der Waals surface area contributed by atoms with Crippen LogP contribution in [0.3, 0.4) is 0 Å². The molecule has 0 saturated carbocycles. The summed E-state index contributed by atoms with van der Waals surface area (Å²) in [6.45, 7) is 4.52. The van der Waals surface area contributed by atoms with Crippen molar-refractivity contribution in [3.63, 3.8) is 0 Å². The predicted octanol–water partition coefficient (Wildman–Crippen LogP) is 3.54. The first-order valence-corrected chi connectivity index (χ1v) is 9.08. The summed E-state index contributed by atoms with van der Waals surface area (Å²) < 4.78 is 7.68. The predicted molar refractivity (Wildman–Crippen MR) is 114 cm³/mol. The lowest BCUT2D eigenvalue weighted by molar-refractivity contribution is -0.121. The van der Waals surface area contributed by atoms with E-state index in [4.69, 9.17) is 22.1 Å². The van der Waals surface area contributed by atoms with Gasteiger partial charge in [-0.25, -0.2) is 4.98 Å². The zero-order chi connectivity index (χ0) is 19.4. The summed E-state index contributed by atoms with van der Waals surface area (Å²) in [5, 5.41) is 3.51. The van der Waals surface area contributed by atoms with E-state index in [1.54, 1.807) is 24.3 Å². The number of nitrogens with two attached hydrogens (primary N) is 1. The number of rotatable bonds is 7. The molecule has 150 valence electrons. The van der Waals surface area contributed by atoms with Crippen LogP contribution in [0.2, 0.25) is 5.02 Å². The van der Waals surface area contributed by atoms with E-state index >= 15 is 0 Å². The largest absolute Gasteiger partial charge is 0.486 e. The maximum absolute atomic E-state index is 12.4. The van der Waals surface area contributed by atoms with Crippen LogP contribution in [0.5, 0.6) is 5.75 Å². The number of para-hydroxylation sites is 2. The standard InChI is InChI=1S/C20H23ClN4O2.ClH/c1-20(2,22)13-23-19(26)11-25-17-6-4-3-5-16(17)24-18(25)12-27-15-9-7-14(21)8-10-15;/h3-10H,11-13,22H2,1-2H3,(H,23,26);1H. The number of aromatic nitrogens is 2. The number of carbonyl (C=O) groups excluding carboxylic acids is 1. The molecule has 8 heteroatoms. The number of ether oxygens (including phenoxy) is 1. The molecule has 0 saturated heterocycles. The number of hydrogen-bond acceptors (Lipinski definition) is 4. The summed E-state index contributed by atoms with van der Waals surface area (Å²) >= 11 is 5.90. The molecule has 28 heavy (non-hydrogen) atoms. The summed E-state index contributed by atoms with van der Waals surface area (Å²) in [6, 6.07) is 14.8. The average molecular weight is 423 g/mol. The van der Waals surface area contributed by atoms with E-state index in [-0.39, 0.29) is 31.5 Å². The maximum atomic E-state index is 12.4. The fourth-order valence-corrected chi connectivity index (χ4v) is 2.74. The van der Waals surface area contributed by atoms with E-state index in [0.717, 1.165) is 11.0 Å². The Labute approximate surface area is 175 Å². The first-order chi connectivity index (χ1) is 12.8. The molecule has 1 aromatic heterocycles. The second kappa shape index (κ2) is 9.28. The van der Waals surface area contributed by atoms with Crippen LogP contribution in [0.1, 0.15) is 19.7 Å². The van der Waals surface area contributed by atoms with E-state index in [2.05, 4.69) is 10.3 Å². The normalized spacial score (nSPS) is 11.1. The lowest BCUT2D eigenvalue weighted by Gasteiger charge is -2.19. The van der Waals surface area contributed by atoms with Crippen LogP contribution in [0, 0.1) is 0 Å². The van der Waals surface area contributed by atoms with Crippen molar-refractivity contribution in [1.82, 2.24) is 14.9 Å². The van der Waals surface area contributed by atoms with Crippen LogP contribution >= 0.6 is 24.0 Å². The van der Waals surface area contributed by atoms with Gasteiger partial charge in [-0.15, -0.1) is 12.4 Å². The third-order valence-electron chi connectivity index (χ3n) is 3.96. The summed E-state index contributed by atoms with van der Waals surface area (Å²) in [5.41, 5.74) is 7.17. The number of halogens is 2. The van der Waals surface area contributed by atoms with Crippen LogP contribution < -0.4 is 15.8 Å². The number of nitrogens with one attached hydrogen (secondary N) is 1. The van der Waals surface area contributed by atoms with Crippen LogP contribution in [0.4, 0.5) is 0 Å². The maximum Gasteiger partial charge on any atom is 0.240 e. The smallest absolute Gasteiger partial charge is 0.240 e. The molecule has 1 heterocycles. The number of carbonyl (C=O) groups is 1. The molecular formula is C20H24Cl2N4O2. The van der Waals surface area contributed by atoms with Gasteiger partial charge in [0.25, 0.3) is 0 Å². The Morgan fingerprint density at radius 2 is 1.89 bits per heavy atom. The van der Waals surface area contributed by atoms with Gasteiger partial charge in [0, 0.05) is 17.1 Å². The minimum absolute atomic E-state index is 0. The van der Waals surface area contributed by atoms with Gasteiger partial charge < -0.3 is 20.4 Å². The van der Waals surface area contributed by atoms with E-state index in [9.17, 15) is 4.79 Å². The van der Waals surface area contributed by atoms with Crippen molar-refractivity contribution in [3.8, 4) is 5.75 Å². The second-order valence-corrected chi connectivity index (χ2v) is 7.55. The van der Waals surface area contributed by atoms with Crippen molar-refractivity contribution in [2.45, 2.75) is 32.5 Å². The Bertz CT molecular complexity index is 934. The molecule has 0 atom stereocenters. The van der Waals surface area contributed by atoms with Crippen LogP contribution in [-0.4, -0.2) is 27.5 Å². The van der Waals surface area contributed by atoms with Crippen molar-refractivity contribution in [2.24, 2.45) is 5.73 Å². The highest BCUT2D eigenvalue weighted by molar-refractivity contribution is 6.30. The first-order valence-electron chi connectivity index (χ1n) is 8.70. The van der Waals surface area contributed by atoms with Gasteiger partial charge in [0.1, 0.15) is 24.7 Å². The Morgan fingerprint density at radius 3 is 2.57 bits per heavy atom. The molecule has 0 fully saturated rings. The highest BCUT2D eigenvalue weighted by Gasteiger charge is 2.16. The van der Waals surface area contributed by atoms with Gasteiger partial charge in [-0.1, -0.05) is 23.7 Å². The fraction of sp³-hybridized carbons (Fsp3) is 0.300. The minimum Gasteiger partial charge on any atom is -0.486 e. The van der Waals surface area contributed by atoms with Crippen molar-refractivity contribution in [3.05, 3.63) is 59.4 Å². The lowest BCUT2D eigenvalue weighted by atomic mass is 10.1. The molecule has 3 rings (SSSR count). The summed E-state index contributed by atoms with van der Waals surface area (Å²) in [4.78, 5) is 17.0.